The van der Waals surface area contributed by atoms with Crippen molar-refractivity contribution in [3.63, 3.8) is 0 Å². The number of rotatable bonds is 6. The topological polar surface area (TPSA) is 55.4 Å². The van der Waals surface area contributed by atoms with Gasteiger partial charge in [-0.05, 0) is 37.1 Å². The second-order valence-corrected chi connectivity index (χ2v) is 6.53. The van der Waals surface area contributed by atoms with E-state index in [-0.39, 0.29) is 18.4 Å². The largest absolute Gasteiger partial charge is 0.452 e. The standard InChI is InChI=1S/C19H19Cl2NO3/c1-12(14-6-4-3-5-7-14)22-19(24)13(2)25-18(23)10-15-8-9-16(20)11-17(15)21/h3-9,11-13H,10H2,1-2H3,(H,22,24). The van der Waals surface area contributed by atoms with Gasteiger partial charge in [0, 0.05) is 10.0 Å². The first-order chi connectivity index (χ1) is 11.9. The van der Waals surface area contributed by atoms with E-state index >= 15 is 0 Å². The van der Waals surface area contributed by atoms with E-state index in [1.165, 1.54) is 6.92 Å². The number of halogens is 2. The Morgan fingerprint density at radius 3 is 2.40 bits per heavy atom. The monoisotopic (exact) mass is 379 g/mol. The summed E-state index contributed by atoms with van der Waals surface area (Å²) in [4.78, 5) is 24.2. The Labute approximate surface area is 157 Å². The number of benzene rings is 2. The number of hydrogen-bond donors (Lipinski definition) is 1. The first-order valence-electron chi connectivity index (χ1n) is 7.85. The minimum Gasteiger partial charge on any atom is -0.452 e. The summed E-state index contributed by atoms with van der Waals surface area (Å²) in [5, 5.41) is 3.70. The maximum absolute atomic E-state index is 12.2. The van der Waals surface area contributed by atoms with Crippen molar-refractivity contribution in [1.29, 1.82) is 0 Å². The maximum atomic E-state index is 12.2. The summed E-state index contributed by atoms with van der Waals surface area (Å²) in [5.41, 5.74) is 1.57. The summed E-state index contributed by atoms with van der Waals surface area (Å²) < 4.78 is 5.20. The lowest BCUT2D eigenvalue weighted by Crippen LogP contribution is -2.37. The molecular weight excluding hydrogens is 361 g/mol. The van der Waals surface area contributed by atoms with Crippen molar-refractivity contribution in [3.05, 3.63) is 69.7 Å². The predicted molar refractivity (Wildman–Crippen MR) is 98.7 cm³/mol. The molecule has 0 radical (unpaired) electrons. The van der Waals surface area contributed by atoms with E-state index in [0.717, 1.165) is 5.56 Å². The number of esters is 1. The average molecular weight is 380 g/mol. The molecule has 0 saturated heterocycles. The highest BCUT2D eigenvalue weighted by Crippen LogP contribution is 2.21. The summed E-state index contributed by atoms with van der Waals surface area (Å²) in [5.74, 6) is -0.883. The van der Waals surface area contributed by atoms with Gasteiger partial charge in [-0.1, -0.05) is 59.6 Å². The van der Waals surface area contributed by atoms with Crippen LogP contribution in [0.5, 0.6) is 0 Å². The molecule has 1 N–H and O–H groups in total. The Hall–Kier alpha value is -2.04. The van der Waals surface area contributed by atoms with Gasteiger partial charge in [0.25, 0.3) is 5.91 Å². The van der Waals surface area contributed by atoms with Crippen LogP contribution in [0.25, 0.3) is 0 Å². The molecule has 0 aromatic heterocycles. The van der Waals surface area contributed by atoms with E-state index in [2.05, 4.69) is 5.32 Å². The highest BCUT2D eigenvalue weighted by atomic mass is 35.5. The number of ether oxygens (including phenoxy) is 1. The molecule has 132 valence electrons. The van der Waals surface area contributed by atoms with Crippen LogP contribution < -0.4 is 5.32 Å². The third-order valence-electron chi connectivity index (χ3n) is 3.69. The van der Waals surface area contributed by atoms with E-state index in [9.17, 15) is 9.59 Å². The fourth-order valence-electron chi connectivity index (χ4n) is 2.27. The minimum atomic E-state index is -0.898. The molecule has 0 fully saturated rings. The predicted octanol–water partition coefficient (Wildman–Crippen LogP) is 4.35. The smallest absolute Gasteiger partial charge is 0.311 e. The van der Waals surface area contributed by atoms with Gasteiger partial charge in [0.05, 0.1) is 12.5 Å². The second-order valence-electron chi connectivity index (χ2n) is 5.69. The van der Waals surface area contributed by atoms with Gasteiger partial charge in [-0.3, -0.25) is 9.59 Å². The van der Waals surface area contributed by atoms with Gasteiger partial charge < -0.3 is 10.1 Å². The summed E-state index contributed by atoms with van der Waals surface area (Å²) in [6, 6.07) is 14.2. The summed E-state index contributed by atoms with van der Waals surface area (Å²) in [7, 11) is 0. The number of carbonyl (C=O) groups is 2. The molecule has 0 aliphatic carbocycles. The van der Waals surface area contributed by atoms with E-state index < -0.39 is 12.1 Å². The van der Waals surface area contributed by atoms with Crippen LogP contribution in [0.1, 0.15) is 31.0 Å². The Bertz CT molecular complexity index is 750. The Kier molecular flexibility index (Phi) is 6.85. The van der Waals surface area contributed by atoms with Crippen molar-refractivity contribution < 1.29 is 14.3 Å². The lowest BCUT2D eigenvalue weighted by atomic mass is 10.1. The van der Waals surface area contributed by atoms with Gasteiger partial charge >= 0.3 is 5.97 Å². The number of amides is 1. The van der Waals surface area contributed by atoms with Crippen LogP contribution in [0.4, 0.5) is 0 Å². The molecule has 4 nitrogen and oxygen atoms in total. The van der Waals surface area contributed by atoms with Gasteiger partial charge in [-0.15, -0.1) is 0 Å². The van der Waals surface area contributed by atoms with Crippen LogP contribution in [0.3, 0.4) is 0 Å². The minimum absolute atomic E-state index is 0.0259. The Morgan fingerprint density at radius 1 is 1.08 bits per heavy atom. The maximum Gasteiger partial charge on any atom is 0.311 e. The zero-order valence-corrected chi connectivity index (χ0v) is 15.5. The molecule has 2 atom stereocenters. The van der Waals surface area contributed by atoms with Crippen LogP contribution in [-0.2, 0) is 20.7 Å². The summed E-state index contributed by atoms with van der Waals surface area (Å²) in [6.07, 6.45) is -0.924. The lowest BCUT2D eigenvalue weighted by molar-refractivity contribution is -0.154. The molecule has 2 rings (SSSR count). The van der Waals surface area contributed by atoms with Crippen LogP contribution in [0.2, 0.25) is 10.0 Å². The van der Waals surface area contributed by atoms with E-state index in [4.69, 9.17) is 27.9 Å². The van der Waals surface area contributed by atoms with Crippen molar-refractivity contribution in [2.75, 3.05) is 0 Å². The molecule has 0 saturated carbocycles. The molecule has 25 heavy (non-hydrogen) atoms. The van der Waals surface area contributed by atoms with Gasteiger partial charge in [0.2, 0.25) is 0 Å². The first kappa shape index (κ1) is 19.3. The fraction of sp³-hybridized carbons (Fsp3) is 0.263. The zero-order chi connectivity index (χ0) is 18.4. The molecule has 2 aromatic carbocycles. The van der Waals surface area contributed by atoms with Gasteiger partial charge in [0.15, 0.2) is 6.10 Å². The third-order valence-corrected chi connectivity index (χ3v) is 4.27. The van der Waals surface area contributed by atoms with Crippen molar-refractivity contribution in [2.24, 2.45) is 0 Å². The third kappa shape index (κ3) is 5.76. The highest BCUT2D eigenvalue weighted by Gasteiger charge is 2.20. The van der Waals surface area contributed by atoms with Crippen LogP contribution >= 0.6 is 23.2 Å². The zero-order valence-electron chi connectivity index (χ0n) is 14.0. The summed E-state index contributed by atoms with van der Waals surface area (Å²) >= 11 is 11.9. The SMILES string of the molecule is CC(OC(=O)Cc1ccc(Cl)cc1Cl)C(=O)NC(C)c1ccccc1. The average Bonchev–Trinajstić information content (AvgIpc) is 2.58. The van der Waals surface area contributed by atoms with E-state index in [1.54, 1.807) is 18.2 Å². The molecule has 0 aliphatic heterocycles. The molecule has 1 amide bonds. The van der Waals surface area contributed by atoms with Crippen molar-refractivity contribution >= 4 is 35.1 Å². The quantitative estimate of drug-likeness (QED) is 0.759. The van der Waals surface area contributed by atoms with Crippen molar-refractivity contribution in [1.82, 2.24) is 5.32 Å². The van der Waals surface area contributed by atoms with E-state index in [1.807, 2.05) is 37.3 Å². The van der Waals surface area contributed by atoms with E-state index in [0.29, 0.717) is 15.6 Å². The molecule has 2 unspecified atom stereocenters. The molecule has 2 aromatic rings. The number of nitrogens with one attached hydrogen (secondary N) is 1. The van der Waals surface area contributed by atoms with Crippen molar-refractivity contribution in [3.8, 4) is 0 Å². The lowest BCUT2D eigenvalue weighted by Gasteiger charge is -2.18. The van der Waals surface area contributed by atoms with Crippen molar-refractivity contribution in [2.45, 2.75) is 32.4 Å². The highest BCUT2D eigenvalue weighted by molar-refractivity contribution is 6.35. The molecule has 0 bridgehead atoms. The molecule has 0 spiro atoms. The molecule has 0 aliphatic rings. The molecular formula is C19H19Cl2NO3. The van der Waals surface area contributed by atoms with Gasteiger partial charge in [-0.2, -0.15) is 0 Å². The normalized spacial score (nSPS) is 13.0. The molecule has 0 heterocycles. The summed E-state index contributed by atoms with van der Waals surface area (Å²) in [6.45, 7) is 3.41. The van der Waals surface area contributed by atoms with Gasteiger partial charge in [-0.25, -0.2) is 0 Å². The first-order valence-corrected chi connectivity index (χ1v) is 8.61. The van der Waals surface area contributed by atoms with Crippen LogP contribution in [0.15, 0.2) is 48.5 Å². The van der Waals surface area contributed by atoms with Crippen LogP contribution in [-0.4, -0.2) is 18.0 Å². The van der Waals surface area contributed by atoms with Gasteiger partial charge in [0.1, 0.15) is 0 Å². The second kappa shape index (κ2) is 8.88. The Balaban J connectivity index is 1.88. The molecule has 6 heteroatoms. The number of hydrogen-bond acceptors (Lipinski definition) is 3. The number of carbonyl (C=O) groups excluding carboxylic acids is 2. The Morgan fingerprint density at radius 2 is 1.76 bits per heavy atom. The van der Waals surface area contributed by atoms with Crippen LogP contribution in [0, 0.1) is 0 Å². The fourth-order valence-corrected chi connectivity index (χ4v) is 2.74.